The number of unbranched alkanes of at least 4 members (excludes halogenated alkanes) is 1. The third-order valence-electron chi connectivity index (χ3n) is 5.92. The van der Waals surface area contributed by atoms with Crippen molar-refractivity contribution >= 4 is 33.3 Å². The Morgan fingerprint density at radius 2 is 1.94 bits per heavy atom. The number of hydrogen-bond acceptors (Lipinski definition) is 8. The van der Waals surface area contributed by atoms with Crippen molar-refractivity contribution < 1.29 is 18.1 Å². The molecule has 0 saturated carbocycles. The first-order valence-electron chi connectivity index (χ1n) is 11.1. The molecule has 0 bridgehead atoms. The molecule has 34 heavy (non-hydrogen) atoms. The molecular weight excluding hydrogens is 460 g/mol. The Hall–Kier alpha value is -3.54. The minimum atomic E-state index is -3.68. The van der Waals surface area contributed by atoms with Crippen molar-refractivity contribution in [3.05, 3.63) is 58.3 Å². The number of aliphatic imine (C=N–C) groups is 1. The molecule has 0 aliphatic carbocycles. The number of sulfonamides is 1. The molecule has 12 heteroatoms. The average molecular weight is 487 g/mol. The number of nitrogens with one attached hydrogen (secondary N) is 1. The van der Waals surface area contributed by atoms with E-state index in [9.17, 15) is 23.3 Å². The normalized spacial score (nSPS) is 18.9. The zero-order chi connectivity index (χ0) is 24.3. The van der Waals surface area contributed by atoms with Crippen LogP contribution in [-0.2, 0) is 14.8 Å². The molecule has 2 aromatic rings. The average Bonchev–Trinajstić information content (AvgIpc) is 3.11. The first kappa shape index (κ1) is 23.6. The van der Waals surface area contributed by atoms with Crippen molar-refractivity contribution in [3.63, 3.8) is 0 Å². The highest BCUT2D eigenvalue weighted by Gasteiger charge is 2.33. The summed E-state index contributed by atoms with van der Waals surface area (Å²) < 4.78 is 27.3. The summed E-state index contributed by atoms with van der Waals surface area (Å²) in [5.41, 5.74) is 0.408. The number of nitro groups is 1. The summed E-state index contributed by atoms with van der Waals surface area (Å²) in [6, 6.07) is 8.93. The summed E-state index contributed by atoms with van der Waals surface area (Å²) >= 11 is 0. The Morgan fingerprint density at radius 3 is 2.59 bits per heavy atom. The van der Waals surface area contributed by atoms with Crippen molar-refractivity contribution in [2.45, 2.75) is 37.1 Å². The summed E-state index contributed by atoms with van der Waals surface area (Å²) in [5.74, 6) is 0.692. The summed E-state index contributed by atoms with van der Waals surface area (Å²) in [6.07, 6.45) is 3.42. The highest BCUT2D eigenvalue weighted by atomic mass is 32.2. The molecule has 1 aromatic carbocycles. The second-order valence-corrected chi connectivity index (χ2v) is 9.83. The molecule has 1 N–H and O–H groups in total. The molecule has 1 atom stereocenters. The van der Waals surface area contributed by atoms with Crippen LogP contribution in [0.15, 0.2) is 52.5 Å². The molecule has 4 rings (SSSR count). The van der Waals surface area contributed by atoms with E-state index < -0.39 is 21.0 Å². The molecule has 11 nitrogen and oxygen atoms in total. The summed E-state index contributed by atoms with van der Waals surface area (Å²) in [7, 11) is -3.68. The van der Waals surface area contributed by atoms with E-state index in [-0.39, 0.29) is 22.3 Å². The van der Waals surface area contributed by atoms with E-state index in [1.807, 2.05) is 11.8 Å². The van der Waals surface area contributed by atoms with Crippen molar-refractivity contribution in [3.8, 4) is 0 Å². The van der Waals surface area contributed by atoms with Gasteiger partial charge in [-0.15, -0.1) is 0 Å². The predicted octanol–water partition coefficient (Wildman–Crippen LogP) is 1.94. The monoisotopic (exact) mass is 486 g/mol. The highest BCUT2D eigenvalue weighted by Crippen LogP contribution is 2.24. The van der Waals surface area contributed by atoms with Gasteiger partial charge in [-0.1, -0.05) is 31.9 Å². The lowest BCUT2D eigenvalue weighted by Crippen LogP contribution is -2.51. The Labute approximate surface area is 197 Å². The van der Waals surface area contributed by atoms with Crippen LogP contribution < -0.4 is 9.62 Å². The van der Waals surface area contributed by atoms with E-state index >= 15 is 0 Å². The van der Waals surface area contributed by atoms with E-state index in [0.29, 0.717) is 44.0 Å². The van der Waals surface area contributed by atoms with E-state index in [4.69, 9.17) is 0 Å². The number of pyridine rings is 1. The molecule has 0 spiro atoms. The van der Waals surface area contributed by atoms with Crippen LogP contribution in [0.5, 0.6) is 0 Å². The van der Waals surface area contributed by atoms with Gasteiger partial charge in [0.1, 0.15) is 23.9 Å². The van der Waals surface area contributed by atoms with Crippen LogP contribution in [0.2, 0.25) is 0 Å². The highest BCUT2D eigenvalue weighted by molar-refractivity contribution is 7.90. The van der Waals surface area contributed by atoms with Crippen molar-refractivity contribution in [2.24, 2.45) is 4.99 Å². The molecule has 2 aliphatic rings. The third-order valence-corrected chi connectivity index (χ3v) is 7.32. The standard InChI is InChI=1S/C22H26N6O5S/c1-2-3-7-18(24-21-17-6-4-5-8-19(17)34(32,33)25-21)22(29)27-13-11-26(12-14-27)20-10-9-16(15-23-20)28(30)31/h4-6,8-10,15,18H,2-3,7,11-14H2,1H3,(H,24,25). The largest absolute Gasteiger partial charge is 0.353 e. The van der Waals surface area contributed by atoms with Crippen molar-refractivity contribution in [2.75, 3.05) is 31.1 Å². The molecule has 1 aromatic heterocycles. The lowest BCUT2D eigenvalue weighted by Gasteiger charge is -2.36. The fourth-order valence-corrected chi connectivity index (χ4v) is 5.31. The lowest BCUT2D eigenvalue weighted by molar-refractivity contribution is -0.385. The van der Waals surface area contributed by atoms with Gasteiger partial charge in [0.25, 0.3) is 15.7 Å². The second kappa shape index (κ2) is 9.75. The van der Waals surface area contributed by atoms with Crippen LogP contribution in [0.1, 0.15) is 31.7 Å². The molecule has 180 valence electrons. The van der Waals surface area contributed by atoms with Crippen LogP contribution in [0.4, 0.5) is 11.5 Å². The maximum atomic E-state index is 13.4. The maximum Gasteiger partial charge on any atom is 0.287 e. The van der Waals surface area contributed by atoms with Crippen LogP contribution in [-0.4, -0.2) is 67.2 Å². The molecule has 1 fully saturated rings. The number of amidine groups is 1. The van der Waals surface area contributed by atoms with Gasteiger partial charge >= 0.3 is 0 Å². The Morgan fingerprint density at radius 1 is 1.21 bits per heavy atom. The number of amides is 1. The number of benzene rings is 1. The van der Waals surface area contributed by atoms with E-state index in [2.05, 4.69) is 14.7 Å². The van der Waals surface area contributed by atoms with Gasteiger partial charge in [-0.05, 0) is 24.6 Å². The van der Waals surface area contributed by atoms with Crippen molar-refractivity contribution in [1.29, 1.82) is 0 Å². The number of fused-ring (bicyclic) bond motifs is 1. The predicted molar refractivity (Wildman–Crippen MR) is 126 cm³/mol. The minimum Gasteiger partial charge on any atom is -0.353 e. The van der Waals surface area contributed by atoms with E-state index in [0.717, 1.165) is 12.8 Å². The van der Waals surface area contributed by atoms with Gasteiger partial charge < -0.3 is 9.80 Å². The molecule has 3 heterocycles. The first-order valence-corrected chi connectivity index (χ1v) is 12.6. The zero-order valence-electron chi connectivity index (χ0n) is 18.8. The number of hydrogen-bond donors (Lipinski definition) is 1. The quantitative estimate of drug-likeness (QED) is 0.466. The van der Waals surface area contributed by atoms with Crippen LogP contribution >= 0.6 is 0 Å². The van der Waals surface area contributed by atoms with Gasteiger partial charge in [-0.3, -0.25) is 24.6 Å². The summed E-state index contributed by atoms with van der Waals surface area (Å²) in [4.78, 5) is 36.3. The Balaban J connectivity index is 1.48. The third kappa shape index (κ3) is 4.86. The fraction of sp³-hybridized carbons (Fsp3) is 0.409. The van der Waals surface area contributed by atoms with Crippen LogP contribution in [0.3, 0.4) is 0 Å². The van der Waals surface area contributed by atoms with E-state index in [1.165, 1.54) is 18.3 Å². The molecule has 0 radical (unpaired) electrons. The molecule has 1 saturated heterocycles. The lowest BCUT2D eigenvalue weighted by atomic mass is 10.1. The molecular formula is C22H26N6O5S. The van der Waals surface area contributed by atoms with Gasteiger partial charge in [0.05, 0.1) is 9.82 Å². The summed E-state index contributed by atoms with van der Waals surface area (Å²) in [5, 5.41) is 10.8. The number of rotatable bonds is 7. The summed E-state index contributed by atoms with van der Waals surface area (Å²) in [6.45, 7) is 3.99. The van der Waals surface area contributed by atoms with Crippen LogP contribution in [0, 0.1) is 10.1 Å². The van der Waals surface area contributed by atoms with Gasteiger partial charge in [-0.25, -0.2) is 13.4 Å². The van der Waals surface area contributed by atoms with Gasteiger partial charge in [0, 0.05) is 37.8 Å². The Kier molecular flexibility index (Phi) is 6.77. The molecule has 2 aliphatic heterocycles. The second-order valence-electron chi connectivity index (χ2n) is 8.18. The zero-order valence-corrected chi connectivity index (χ0v) is 19.6. The number of anilines is 1. The number of carbonyl (C=O) groups is 1. The van der Waals surface area contributed by atoms with E-state index in [1.54, 1.807) is 29.2 Å². The molecule has 1 amide bonds. The van der Waals surface area contributed by atoms with Crippen molar-refractivity contribution in [1.82, 2.24) is 14.6 Å². The fourth-order valence-electron chi connectivity index (χ4n) is 4.07. The number of carbonyl (C=O) groups excluding carboxylic acids is 1. The topological polar surface area (TPSA) is 138 Å². The number of aromatic nitrogens is 1. The minimum absolute atomic E-state index is 0.0699. The van der Waals surface area contributed by atoms with Gasteiger partial charge in [0.15, 0.2) is 0 Å². The SMILES string of the molecule is CCCCC(N=C1NS(=O)(=O)c2ccccc21)C(=O)N1CCN(c2ccc([N+](=O)[O-])cn2)CC1. The first-order chi connectivity index (χ1) is 16.3. The Bertz CT molecular complexity index is 1210. The number of piperazine rings is 1. The van der Waals surface area contributed by atoms with Crippen LogP contribution in [0.25, 0.3) is 0 Å². The maximum absolute atomic E-state index is 13.4. The van der Waals surface area contributed by atoms with Gasteiger partial charge in [-0.2, -0.15) is 0 Å². The number of nitrogens with zero attached hydrogens (tertiary/aromatic N) is 5. The smallest absolute Gasteiger partial charge is 0.287 e. The molecule has 1 unspecified atom stereocenters. The van der Waals surface area contributed by atoms with Gasteiger partial charge in [0.2, 0.25) is 5.91 Å².